The molecule has 0 fully saturated rings. The summed E-state index contributed by atoms with van der Waals surface area (Å²) >= 11 is 6.22. The summed E-state index contributed by atoms with van der Waals surface area (Å²) in [5.74, 6) is 0. The Morgan fingerprint density at radius 2 is 2.11 bits per heavy atom. The lowest BCUT2D eigenvalue weighted by Gasteiger charge is -2.17. The third-order valence-electron chi connectivity index (χ3n) is 3.17. The number of benzene rings is 1. The standard InChI is InChI=1S/C15H20ClN3/c1-10(2)19-15(13(16)9-18-19)14(17)8-12-6-4-5-11(3)7-12/h4-7,9-10,14H,8,17H2,1-3H3. The second-order valence-corrected chi connectivity index (χ2v) is 5.62. The fraction of sp³-hybridized carbons (Fsp3) is 0.400. The van der Waals surface area contributed by atoms with Gasteiger partial charge in [0.2, 0.25) is 0 Å². The molecule has 1 aromatic heterocycles. The van der Waals surface area contributed by atoms with E-state index in [0.29, 0.717) is 5.02 Å². The molecule has 1 heterocycles. The monoisotopic (exact) mass is 277 g/mol. The first-order valence-electron chi connectivity index (χ1n) is 6.53. The van der Waals surface area contributed by atoms with Crippen molar-refractivity contribution in [2.45, 2.75) is 39.3 Å². The molecule has 2 N–H and O–H groups in total. The van der Waals surface area contributed by atoms with Crippen molar-refractivity contribution in [1.29, 1.82) is 0 Å². The highest BCUT2D eigenvalue weighted by molar-refractivity contribution is 6.31. The van der Waals surface area contributed by atoms with Gasteiger partial charge in [-0.2, -0.15) is 5.10 Å². The van der Waals surface area contributed by atoms with Crippen LogP contribution in [0.1, 0.15) is 42.8 Å². The lowest BCUT2D eigenvalue weighted by molar-refractivity contribution is 0.485. The van der Waals surface area contributed by atoms with Crippen LogP contribution in [0.25, 0.3) is 0 Å². The molecule has 0 aliphatic heterocycles. The Kier molecular flexibility index (Phi) is 4.27. The molecule has 1 aromatic carbocycles. The Hall–Kier alpha value is -1.32. The van der Waals surface area contributed by atoms with Crippen molar-refractivity contribution >= 4 is 11.6 Å². The molecule has 0 radical (unpaired) electrons. The normalized spacial score (nSPS) is 12.9. The van der Waals surface area contributed by atoms with Crippen molar-refractivity contribution < 1.29 is 0 Å². The quantitative estimate of drug-likeness (QED) is 0.927. The van der Waals surface area contributed by atoms with Gasteiger partial charge < -0.3 is 5.73 Å². The van der Waals surface area contributed by atoms with Gasteiger partial charge >= 0.3 is 0 Å². The summed E-state index contributed by atoms with van der Waals surface area (Å²) in [5.41, 5.74) is 9.70. The Morgan fingerprint density at radius 1 is 1.37 bits per heavy atom. The molecular weight excluding hydrogens is 258 g/mol. The van der Waals surface area contributed by atoms with Gasteiger partial charge in [0.15, 0.2) is 0 Å². The molecule has 102 valence electrons. The lowest BCUT2D eigenvalue weighted by Crippen LogP contribution is -2.20. The molecule has 3 nitrogen and oxygen atoms in total. The zero-order chi connectivity index (χ0) is 14.0. The van der Waals surface area contributed by atoms with Gasteiger partial charge in [-0.25, -0.2) is 0 Å². The lowest BCUT2D eigenvalue weighted by atomic mass is 10.0. The van der Waals surface area contributed by atoms with Gasteiger partial charge in [-0.15, -0.1) is 0 Å². The Bertz CT molecular complexity index is 560. The number of hydrogen-bond acceptors (Lipinski definition) is 2. The first-order valence-corrected chi connectivity index (χ1v) is 6.91. The van der Waals surface area contributed by atoms with E-state index < -0.39 is 0 Å². The molecule has 0 aliphatic carbocycles. The minimum Gasteiger partial charge on any atom is -0.322 e. The van der Waals surface area contributed by atoms with Crippen LogP contribution in [0, 0.1) is 6.92 Å². The average molecular weight is 278 g/mol. The van der Waals surface area contributed by atoms with E-state index in [1.54, 1.807) is 6.20 Å². The van der Waals surface area contributed by atoms with E-state index in [-0.39, 0.29) is 12.1 Å². The molecule has 19 heavy (non-hydrogen) atoms. The molecule has 0 saturated carbocycles. The topological polar surface area (TPSA) is 43.8 Å². The fourth-order valence-electron chi connectivity index (χ4n) is 2.30. The smallest absolute Gasteiger partial charge is 0.0834 e. The van der Waals surface area contributed by atoms with Crippen LogP contribution in [-0.4, -0.2) is 9.78 Å². The highest BCUT2D eigenvalue weighted by atomic mass is 35.5. The summed E-state index contributed by atoms with van der Waals surface area (Å²) in [6, 6.07) is 8.50. The third kappa shape index (κ3) is 3.17. The van der Waals surface area contributed by atoms with Crippen molar-refractivity contribution in [1.82, 2.24) is 9.78 Å². The van der Waals surface area contributed by atoms with Gasteiger partial charge in [0.25, 0.3) is 0 Å². The van der Waals surface area contributed by atoms with E-state index in [0.717, 1.165) is 12.1 Å². The molecule has 0 saturated heterocycles. The molecule has 0 bridgehead atoms. The van der Waals surface area contributed by atoms with E-state index >= 15 is 0 Å². The van der Waals surface area contributed by atoms with Crippen LogP contribution >= 0.6 is 11.6 Å². The molecule has 4 heteroatoms. The minimum atomic E-state index is -0.140. The van der Waals surface area contributed by atoms with E-state index in [4.69, 9.17) is 17.3 Å². The number of nitrogens with zero attached hydrogens (tertiary/aromatic N) is 2. The SMILES string of the molecule is Cc1cccc(CC(N)c2c(Cl)cnn2C(C)C)c1. The Labute approximate surface area is 119 Å². The fourth-order valence-corrected chi connectivity index (χ4v) is 2.57. The number of nitrogens with two attached hydrogens (primary N) is 1. The van der Waals surface area contributed by atoms with Crippen LogP contribution in [0.3, 0.4) is 0 Å². The van der Waals surface area contributed by atoms with Crippen LogP contribution in [-0.2, 0) is 6.42 Å². The van der Waals surface area contributed by atoms with Gasteiger partial charge in [-0.05, 0) is 32.8 Å². The summed E-state index contributed by atoms with van der Waals surface area (Å²) < 4.78 is 1.91. The van der Waals surface area contributed by atoms with Crippen molar-refractivity contribution in [3.8, 4) is 0 Å². The third-order valence-corrected chi connectivity index (χ3v) is 3.46. The molecule has 1 unspecified atom stereocenters. The summed E-state index contributed by atoms with van der Waals surface area (Å²) in [4.78, 5) is 0. The maximum atomic E-state index is 6.32. The minimum absolute atomic E-state index is 0.140. The summed E-state index contributed by atoms with van der Waals surface area (Å²) in [6.07, 6.45) is 2.44. The van der Waals surface area contributed by atoms with Gasteiger partial charge in [0.05, 0.1) is 23.0 Å². The van der Waals surface area contributed by atoms with E-state index in [1.807, 2.05) is 4.68 Å². The maximum absolute atomic E-state index is 6.32. The first-order chi connectivity index (χ1) is 8.99. The van der Waals surface area contributed by atoms with Crippen LogP contribution in [0.4, 0.5) is 0 Å². The first kappa shape index (κ1) is 14.1. The Morgan fingerprint density at radius 3 is 2.74 bits per heavy atom. The van der Waals surface area contributed by atoms with Gasteiger partial charge in [-0.1, -0.05) is 41.4 Å². The van der Waals surface area contributed by atoms with Gasteiger partial charge in [-0.3, -0.25) is 4.68 Å². The van der Waals surface area contributed by atoms with E-state index in [1.165, 1.54) is 11.1 Å². The van der Waals surface area contributed by atoms with E-state index in [2.05, 4.69) is 50.1 Å². The number of aryl methyl sites for hydroxylation is 1. The second-order valence-electron chi connectivity index (χ2n) is 5.22. The zero-order valence-electron chi connectivity index (χ0n) is 11.6. The van der Waals surface area contributed by atoms with Crippen LogP contribution in [0.15, 0.2) is 30.5 Å². The maximum Gasteiger partial charge on any atom is 0.0834 e. The molecule has 2 rings (SSSR count). The molecular formula is C15H20ClN3. The molecule has 0 aliphatic rings. The molecule has 2 aromatic rings. The molecule has 0 spiro atoms. The average Bonchev–Trinajstić information content (AvgIpc) is 2.71. The molecule has 1 atom stereocenters. The van der Waals surface area contributed by atoms with Crippen LogP contribution < -0.4 is 5.73 Å². The summed E-state index contributed by atoms with van der Waals surface area (Å²) in [6.45, 7) is 6.23. The number of hydrogen-bond donors (Lipinski definition) is 1. The van der Waals surface area contributed by atoms with Crippen molar-refractivity contribution in [2.75, 3.05) is 0 Å². The number of halogens is 1. The molecule has 0 amide bonds. The number of aromatic nitrogens is 2. The highest BCUT2D eigenvalue weighted by Crippen LogP contribution is 2.26. The summed E-state index contributed by atoms with van der Waals surface area (Å²) in [7, 11) is 0. The second kappa shape index (κ2) is 5.76. The van der Waals surface area contributed by atoms with Gasteiger partial charge in [0.1, 0.15) is 0 Å². The number of rotatable bonds is 4. The van der Waals surface area contributed by atoms with E-state index in [9.17, 15) is 0 Å². The summed E-state index contributed by atoms with van der Waals surface area (Å²) in [5, 5.41) is 4.95. The van der Waals surface area contributed by atoms with Crippen molar-refractivity contribution in [2.24, 2.45) is 5.73 Å². The van der Waals surface area contributed by atoms with Crippen LogP contribution in [0.5, 0.6) is 0 Å². The van der Waals surface area contributed by atoms with Crippen molar-refractivity contribution in [3.05, 3.63) is 52.3 Å². The Balaban J connectivity index is 2.25. The largest absolute Gasteiger partial charge is 0.322 e. The van der Waals surface area contributed by atoms with Crippen LogP contribution in [0.2, 0.25) is 5.02 Å². The highest BCUT2D eigenvalue weighted by Gasteiger charge is 2.18. The zero-order valence-corrected chi connectivity index (χ0v) is 12.4. The predicted octanol–water partition coefficient (Wildman–Crippen LogP) is 3.67. The predicted molar refractivity (Wildman–Crippen MR) is 79.4 cm³/mol. The van der Waals surface area contributed by atoms with Gasteiger partial charge in [0, 0.05) is 6.04 Å². The van der Waals surface area contributed by atoms with Crippen molar-refractivity contribution in [3.63, 3.8) is 0 Å².